The lowest BCUT2D eigenvalue weighted by Crippen LogP contribution is -2.28. The summed E-state index contributed by atoms with van der Waals surface area (Å²) in [6, 6.07) is 6.48. The number of amides is 1. The minimum absolute atomic E-state index is 0.265. The van der Waals surface area contributed by atoms with Gasteiger partial charge in [0.15, 0.2) is 6.61 Å². The van der Waals surface area contributed by atoms with Crippen molar-refractivity contribution < 1.29 is 19.1 Å². The van der Waals surface area contributed by atoms with Crippen LogP contribution in [0.3, 0.4) is 0 Å². The summed E-state index contributed by atoms with van der Waals surface area (Å²) in [7, 11) is 1.54. The van der Waals surface area contributed by atoms with Crippen molar-refractivity contribution in [2.75, 3.05) is 20.3 Å². The Kier molecular flexibility index (Phi) is 5.00. The van der Waals surface area contributed by atoms with Gasteiger partial charge in [0.25, 0.3) is 5.91 Å². The molecule has 0 saturated carbocycles. The topological polar surface area (TPSA) is 64.6 Å². The van der Waals surface area contributed by atoms with Gasteiger partial charge in [-0.15, -0.1) is 0 Å². The fourth-order valence-electron chi connectivity index (χ4n) is 1.19. The predicted octanol–water partition coefficient (Wildman–Crippen LogP) is 0.988. The Balaban J connectivity index is 2.49. The maximum Gasteiger partial charge on any atom is 0.338 e. The van der Waals surface area contributed by atoms with Gasteiger partial charge in [-0.3, -0.25) is 4.79 Å². The molecule has 1 amide bonds. The SMILES string of the molecule is CCNC(=O)COC(=O)c1ccc(OC)cc1. The second kappa shape index (κ2) is 6.52. The standard InChI is InChI=1S/C12H15NO4/c1-3-13-11(14)8-17-12(15)9-4-6-10(16-2)7-5-9/h4-7H,3,8H2,1-2H3,(H,13,14). The van der Waals surface area contributed by atoms with E-state index in [0.717, 1.165) is 0 Å². The molecule has 0 fully saturated rings. The van der Waals surface area contributed by atoms with Crippen LogP contribution in [0.2, 0.25) is 0 Å². The van der Waals surface area contributed by atoms with Gasteiger partial charge in [-0.05, 0) is 31.2 Å². The minimum atomic E-state index is -0.529. The van der Waals surface area contributed by atoms with Gasteiger partial charge in [-0.25, -0.2) is 4.79 Å². The van der Waals surface area contributed by atoms with Crippen molar-refractivity contribution in [1.29, 1.82) is 0 Å². The maximum absolute atomic E-state index is 11.5. The number of carbonyl (C=O) groups excluding carboxylic acids is 2. The van der Waals surface area contributed by atoms with Crippen LogP contribution in [0.25, 0.3) is 0 Å². The molecular weight excluding hydrogens is 222 g/mol. The van der Waals surface area contributed by atoms with Crippen LogP contribution in [0.4, 0.5) is 0 Å². The number of benzene rings is 1. The van der Waals surface area contributed by atoms with Gasteiger partial charge in [-0.2, -0.15) is 0 Å². The number of likely N-dealkylation sites (N-methyl/N-ethyl adjacent to an activating group) is 1. The van der Waals surface area contributed by atoms with Crippen LogP contribution in [0.15, 0.2) is 24.3 Å². The van der Waals surface area contributed by atoms with E-state index in [1.165, 1.54) is 0 Å². The van der Waals surface area contributed by atoms with E-state index in [2.05, 4.69) is 5.32 Å². The van der Waals surface area contributed by atoms with Gasteiger partial charge in [0, 0.05) is 6.54 Å². The molecule has 0 radical (unpaired) electrons. The molecule has 0 aliphatic rings. The summed E-state index contributed by atoms with van der Waals surface area (Å²) in [6.45, 7) is 2.04. The van der Waals surface area contributed by atoms with Crippen LogP contribution >= 0.6 is 0 Å². The van der Waals surface area contributed by atoms with Crippen molar-refractivity contribution in [3.63, 3.8) is 0 Å². The number of methoxy groups -OCH3 is 1. The molecule has 0 atom stereocenters. The summed E-state index contributed by atoms with van der Waals surface area (Å²) in [5.74, 6) is -0.182. The average molecular weight is 237 g/mol. The van der Waals surface area contributed by atoms with Crippen molar-refractivity contribution in [2.24, 2.45) is 0 Å². The van der Waals surface area contributed by atoms with E-state index in [1.807, 2.05) is 0 Å². The van der Waals surface area contributed by atoms with Crippen LogP contribution < -0.4 is 10.1 Å². The van der Waals surface area contributed by atoms with Crippen LogP contribution in [0.5, 0.6) is 5.75 Å². The largest absolute Gasteiger partial charge is 0.497 e. The summed E-state index contributed by atoms with van der Waals surface area (Å²) in [5.41, 5.74) is 0.384. The summed E-state index contributed by atoms with van der Waals surface area (Å²) in [5, 5.41) is 2.53. The molecule has 0 unspecified atom stereocenters. The zero-order valence-corrected chi connectivity index (χ0v) is 9.86. The summed E-state index contributed by atoms with van der Waals surface area (Å²) in [6.07, 6.45) is 0. The third kappa shape index (κ3) is 4.14. The van der Waals surface area contributed by atoms with Crippen molar-refractivity contribution in [3.05, 3.63) is 29.8 Å². The number of hydrogen-bond acceptors (Lipinski definition) is 4. The van der Waals surface area contributed by atoms with E-state index < -0.39 is 5.97 Å². The molecule has 92 valence electrons. The molecule has 5 nitrogen and oxygen atoms in total. The molecule has 1 N–H and O–H groups in total. The van der Waals surface area contributed by atoms with E-state index in [0.29, 0.717) is 17.9 Å². The number of rotatable bonds is 5. The van der Waals surface area contributed by atoms with Crippen molar-refractivity contribution >= 4 is 11.9 Å². The third-order valence-electron chi connectivity index (χ3n) is 2.03. The highest BCUT2D eigenvalue weighted by atomic mass is 16.5. The molecule has 5 heteroatoms. The highest BCUT2D eigenvalue weighted by molar-refractivity contribution is 5.91. The Morgan fingerprint density at radius 3 is 2.41 bits per heavy atom. The maximum atomic E-state index is 11.5. The Morgan fingerprint density at radius 2 is 1.88 bits per heavy atom. The van der Waals surface area contributed by atoms with E-state index in [4.69, 9.17) is 9.47 Å². The fraction of sp³-hybridized carbons (Fsp3) is 0.333. The first-order valence-corrected chi connectivity index (χ1v) is 5.25. The predicted molar refractivity (Wildman–Crippen MR) is 62.0 cm³/mol. The Morgan fingerprint density at radius 1 is 1.24 bits per heavy atom. The van der Waals surface area contributed by atoms with Crippen LogP contribution in [0.1, 0.15) is 17.3 Å². The third-order valence-corrected chi connectivity index (χ3v) is 2.03. The van der Waals surface area contributed by atoms with Crippen molar-refractivity contribution in [3.8, 4) is 5.75 Å². The van der Waals surface area contributed by atoms with Crippen molar-refractivity contribution in [1.82, 2.24) is 5.32 Å². The molecule has 0 heterocycles. The summed E-state index contributed by atoms with van der Waals surface area (Å²) < 4.78 is 9.79. The second-order valence-electron chi connectivity index (χ2n) is 3.26. The van der Waals surface area contributed by atoms with E-state index in [1.54, 1.807) is 38.3 Å². The minimum Gasteiger partial charge on any atom is -0.497 e. The lowest BCUT2D eigenvalue weighted by atomic mass is 10.2. The zero-order valence-electron chi connectivity index (χ0n) is 9.86. The quantitative estimate of drug-likeness (QED) is 0.775. The molecule has 1 aromatic carbocycles. The smallest absolute Gasteiger partial charge is 0.338 e. The lowest BCUT2D eigenvalue weighted by molar-refractivity contribution is -0.124. The number of nitrogens with one attached hydrogen (secondary N) is 1. The molecule has 0 aromatic heterocycles. The van der Waals surface area contributed by atoms with Gasteiger partial charge in [0.2, 0.25) is 0 Å². The van der Waals surface area contributed by atoms with Crippen LogP contribution in [-0.4, -0.2) is 32.1 Å². The first-order chi connectivity index (χ1) is 8.17. The summed E-state index contributed by atoms with van der Waals surface area (Å²) >= 11 is 0. The number of carbonyl (C=O) groups is 2. The van der Waals surface area contributed by atoms with Gasteiger partial charge in [-0.1, -0.05) is 0 Å². The van der Waals surface area contributed by atoms with Gasteiger partial charge in [0.05, 0.1) is 12.7 Å². The number of ether oxygens (including phenoxy) is 2. The Labute approximate surface area is 99.7 Å². The molecule has 0 spiro atoms. The molecule has 1 rings (SSSR count). The summed E-state index contributed by atoms with van der Waals surface area (Å²) in [4.78, 5) is 22.6. The molecule has 0 bridgehead atoms. The van der Waals surface area contributed by atoms with Gasteiger partial charge in [0.1, 0.15) is 5.75 Å². The first kappa shape index (κ1) is 13.0. The molecule has 0 aliphatic heterocycles. The molecule has 17 heavy (non-hydrogen) atoms. The van der Waals surface area contributed by atoms with Gasteiger partial charge >= 0.3 is 5.97 Å². The average Bonchev–Trinajstić information content (AvgIpc) is 2.36. The van der Waals surface area contributed by atoms with E-state index in [-0.39, 0.29) is 12.5 Å². The Bertz CT molecular complexity index is 386. The zero-order chi connectivity index (χ0) is 12.7. The highest BCUT2D eigenvalue weighted by Gasteiger charge is 2.09. The number of hydrogen-bond donors (Lipinski definition) is 1. The molecule has 0 aliphatic carbocycles. The lowest BCUT2D eigenvalue weighted by Gasteiger charge is -2.05. The van der Waals surface area contributed by atoms with Crippen molar-refractivity contribution in [2.45, 2.75) is 6.92 Å². The van der Waals surface area contributed by atoms with E-state index in [9.17, 15) is 9.59 Å². The molecule has 0 saturated heterocycles. The normalized spacial score (nSPS) is 9.53. The van der Waals surface area contributed by atoms with Crippen LogP contribution in [0, 0.1) is 0 Å². The van der Waals surface area contributed by atoms with Crippen LogP contribution in [-0.2, 0) is 9.53 Å². The second-order valence-corrected chi connectivity index (χ2v) is 3.26. The first-order valence-electron chi connectivity index (χ1n) is 5.25. The molecule has 1 aromatic rings. The van der Waals surface area contributed by atoms with Gasteiger partial charge < -0.3 is 14.8 Å². The number of esters is 1. The Hall–Kier alpha value is -2.04. The van der Waals surface area contributed by atoms with E-state index >= 15 is 0 Å². The highest BCUT2D eigenvalue weighted by Crippen LogP contribution is 2.11. The fourth-order valence-corrected chi connectivity index (χ4v) is 1.19. The molecular formula is C12H15NO4. The monoisotopic (exact) mass is 237 g/mol.